The number of fused-ring (bicyclic) bond motifs is 2. The number of benzene rings is 1. The van der Waals surface area contributed by atoms with Gasteiger partial charge in [-0.3, -0.25) is 9.10 Å². The van der Waals surface area contributed by atoms with Crippen molar-refractivity contribution in [2.75, 3.05) is 11.4 Å². The molecule has 92 valence electrons. The average molecular weight is 279 g/mol. The van der Waals surface area contributed by atoms with Gasteiger partial charge in [-0.15, -0.1) is 11.3 Å². The molecule has 0 bridgehead atoms. The third-order valence-corrected chi connectivity index (χ3v) is 5.82. The van der Waals surface area contributed by atoms with Gasteiger partial charge in [0.15, 0.2) is 0 Å². The maximum absolute atomic E-state index is 12.4. The van der Waals surface area contributed by atoms with Gasteiger partial charge in [0.05, 0.1) is 10.6 Å². The first-order valence-electron chi connectivity index (χ1n) is 5.23. The summed E-state index contributed by atoms with van der Waals surface area (Å²) in [4.78, 5) is 12.7. The maximum Gasteiger partial charge on any atom is 0.265 e. The molecule has 0 saturated heterocycles. The summed E-state index contributed by atoms with van der Waals surface area (Å²) >= 11 is 1.16. The van der Waals surface area contributed by atoms with Crippen LogP contribution in [0, 0.1) is 0 Å². The Morgan fingerprint density at radius 3 is 2.67 bits per heavy atom. The Morgan fingerprint density at radius 1 is 1.17 bits per heavy atom. The normalized spacial score (nSPS) is 16.9. The van der Waals surface area contributed by atoms with Crippen molar-refractivity contribution in [3.8, 4) is 0 Å². The lowest BCUT2D eigenvalue weighted by Crippen LogP contribution is -2.26. The van der Waals surface area contributed by atoms with Crippen LogP contribution in [0.3, 0.4) is 0 Å². The molecule has 1 aliphatic rings. The van der Waals surface area contributed by atoms with Gasteiger partial charge in [0.1, 0.15) is 4.90 Å². The lowest BCUT2D eigenvalue weighted by molar-refractivity contribution is 0.104. The third-order valence-electron chi connectivity index (χ3n) is 2.96. The number of sulfonamides is 1. The summed E-state index contributed by atoms with van der Waals surface area (Å²) in [6.07, 6.45) is 0. The molecule has 0 saturated carbocycles. The molecule has 0 amide bonds. The van der Waals surface area contributed by atoms with E-state index in [2.05, 4.69) is 0 Å². The summed E-state index contributed by atoms with van der Waals surface area (Å²) in [6, 6.07) is 8.22. The summed E-state index contributed by atoms with van der Waals surface area (Å²) in [5.41, 5.74) is 0.843. The van der Waals surface area contributed by atoms with E-state index in [1.54, 1.807) is 29.6 Å². The van der Waals surface area contributed by atoms with Gasteiger partial charge in [-0.25, -0.2) is 8.42 Å². The van der Waals surface area contributed by atoms with Crippen molar-refractivity contribution in [2.24, 2.45) is 0 Å². The van der Waals surface area contributed by atoms with Gasteiger partial charge >= 0.3 is 0 Å². The van der Waals surface area contributed by atoms with Crippen molar-refractivity contribution in [1.29, 1.82) is 0 Å². The maximum atomic E-state index is 12.4. The van der Waals surface area contributed by atoms with Crippen LogP contribution in [0.2, 0.25) is 0 Å². The number of carbonyl (C=O) groups is 1. The molecular weight excluding hydrogens is 270 g/mol. The van der Waals surface area contributed by atoms with Crippen LogP contribution in [0.4, 0.5) is 5.69 Å². The lowest BCUT2D eigenvalue weighted by Gasteiger charge is -2.18. The number of anilines is 1. The summed E-state index contributed by atoms with van der Waals surface area (Å²) in [5.74, 6) is -0.233. The lowest BCUT2D eigenvalue weighted by atomic mass is 10.1. The Labute approximate surface area is 109 Å². The second kappa shape index (κ2) is 3.66. The predicted octanol–water partition coefficient (Wildman–Crippen LogP) is 2.12. The molecule has 1 aromatic carbocycles. The number of carbonyl (C=O) groups excluding carboxylic acids is 1. The fourth-order valence-electron chi connectivity index (χ4n) is 2.01. The Hall–Kier alpha value is -1.66. The van der Waals surface area contributed by atoms with Crippen molar-refractivity contribution in [3.05, 3.63) is 46.2 Å². The minimum absolute atomic E-state index is 0.0937. The van der Waals surface area contributed by atoms with Gasteiger partial charge in [0.2, 0.25) is 5.78 Å². The van der Waals surface area contributed by atoms with Crippen molar-refractivity contribution >= 4 is 32.8 Å². The number of ketones is 1. The monoisotopic (exact) mass is 279 g/mol. The predicted molar refractivity (Wildman–Crippen MR) is 69.8 cm³/mol. The smallest absolute Gasteiger partial charge is 0.265 e. The van der Waals surface area contributed by atoms with Gasteiger partial charge < -0.3 is 0 Å². The largest absolute Gasteiger partial charge is 0.288 e. The van der Waals surface area contributed by atoms with Gasteiger partial charge in [-0.2, -0.15) is 0 Å². The van der Waals surface area contributed by atoms with Crippen LogP contribution in [0.5, 0.6) is 0 Å². The molecule has 0 N–H and O–H groups in total. The third kappa shape index (κ3) is 1.36. The average Bonchev–Trinajstić information content (AvgIpc) is 2.84. The number of rotatable bonds is 0. The molecule has 4 nitrogen and oxygen atoms in total. The van der Waals surface area contributed by atoms with E-state index in [4.69, 9.17) is 0 Å². The summed E-state index contributed by atoms with van der Waals surface area (Å²) in [6.45, 7) is 0. The van der Waals surface area contributed by atoms with Crippen molar-refractivity contribution in [3.63, 3.8) is 0 Å². The molecule has 0 unspecified atom stereocenters. The molecule has 0 radical (unpaired) electrons. The molecule has 3 rings (SSSR count). The molecule has 2 aromatic rings. The molecule has 0 atom stereocenters. The second-order valence-electron chi connectivity index (χ2n) is 3.93. The molecule has 0 aliphatic carbocycles. The van der Waals surface area contributed by atoms with E-state index >= 15 is 0 Å². The van der Waals surface area contributed by atoms with Crippen LogP contribution in [-0.4, -0.2) is 21.2 Å². The molecule has 18 heavy (non-hydrogen) atoms. The molecule has 2 heterocycles. The van der Waals surface area contributed by atoms with E-state index in [0.29, 0.717) is 11.3 Å². The first-order chi connectivity index (χ1) is 8.53. The number of hydrogen-bond acceptors (Lipinski definition) is 4. The topological polar surface area (TPSA) is 54.5 Å². The summed E-state index contributed by atoms with van der Waals surface area (Å²) in [7, 11) is -2.17. The molecule has 1 aromatic heterocycles. The summed E-state index contributed by atoms with van der Waals surface area (Å²) in [5, 5.41) is 1.63. The number of thiophene rings is 1. The molecule has 1 aliphatic heterocycles. The second-order valence-corrected chi connectivity index (χ2v) is 6.79. The Balaban J connectivity index is 2.44. The highest BCUT2D eigenvalue weighted by molar-refractivity contribution is 7.93. The number of hydrogen-bond donors (Lipinski definition) is 0. The van der Waals surface area contributed by atoms with E-state index in [1.165, 1.54) is 17.4 Å². The van der Waals surface area contributed by atoms with Crippen molar-refractivity contribution in [2.45, 2.75) is 4.90 Å². The van der Waals surface area contributed by atoms with Crippen LogP contribution in [0.25, 0.3) is 0 Å². The standard InChI is InChI=1S/C12H9NO3S2/c1-13-9-5-3-2-4-8(9)11(14)12-10(6-7-17-12)18(13,15)16/h2-7H,1H3. The highest BCUT2D eigenvalue weighted by Gasteiger charge is 2.34. The highest BCUT2D eigenvalue weighted by atomic mass is 32.2. The van der Waals surface area contributed by atoms with Gasteiger partial charge in [-0.05, 0) is 23.6 Å². The Bertz CT molecular complexity index is 746. The van der Waals surface area contributed by atoms with E-state index < -0.39 is 10.0 Å². The van der Waals surface area contributed by atoms with Gasteiger partial charge in [0, 0.05) is 12.6 Å². The van der Waals surface area contributed by atoms with Crippen LogP contribution in [0.15, 0.2) is 40.6 Å². The Morgan fingerprint density at radius 2 is 1.89 bits per heavy atom. The van der Waals surface area contributed by atoms with Crippen molar-refractivity contribution in [1.82, 2.24) is 0 Å². The van der Waals surface area contributed by atoms with E-state index in [9.17, 15) is 13.2 Å². The number of para-hydroxylation sites is 1. The quantitative estimate of drug-likeness (QED) is 0.742. The zero-order valence-corrected chi connectivity index (χ0v) is 11.1. The number of nitrogens with zero attached hydrogens (tertiary/aromatic N) is 1. The van der Waals surface area contributed by atoms with Crippen LogP contribution >= 0.6 is 11.3 Å². The fraction of sp³-hybridized carbons (Fsp3) is 0.0833. The highest BCUT2D eigenvalue weighted by Crippen LogP contribution is 2.36. The minimum Gasteiger partial charge on any atom is -0.288 e. The van der Waals surface area contributed by atoms with Crippen LogP contribution in [0.1, 0.15) is 15.2 Å². The van der Waals surface area contributed by atoms with Crippen LogP contribution in [-0.2, 0) is 10.0 Å². The molecule has 6 heteroatoms. The van der Waals surface area contributed by atoms with E-state index in [-0.39, 0.29) is 15.6 Å². The van der Waals surface area contributed by atoms with Crippen molar-refractivity contribution < 1.29 is 13.2 Å². The zero-order valence-electron chi connectivity index (χ0n) is 9.45. The Kier molecular flexibility index (Phi) is 2.33. The summed E-state index contributed by atoms with van der Waals surface area (Å²) < 4.78 is 25.9. The molecule has 0 fully saturated rings. The first-order valence-corrected chi connectivity index (χ1v) is 7.55. The molecular formula is C12H9NO3S2. The minimum atomic E-state index is -3.64. The zero-order chi connectivity index (χ0) is 12.9. The van der Waals surface area contributed by atoms with E-state index in [1.807, 2.05) is 0 Å². The van der Waals surface area contributed by atoms with Gasteiger partial charge in [-0.1, -0.05) is 12.1 Å². The van der Waals surface area contributed by atoms with Gasteiger partial charge in [0.25, 0.3) is 10.0 Å². The SMILES string of the molecule is CN1c2ccccc2C(=O)c2sccc2S1(=O)=O. The first kappa shape index (κ1) is 11.4. The fourth-order valence-corrected chi connectivity index (χ4v) is 4.57. The van der Waals surface area contributed by atoms with E-state index in [0.717, 1.165) is 11.3 Å². The molecule has 0 spiro atoms. The van der Waals surface area contributed by atoms with Crippen LogP contribution < -0.4 is 4.31 Å².